The second kappa shape index (κ2) is 5.99. The lowest BCUT2D eigenvalue weighted by Crippen LogP contribution is -2.27. The van der Waals surface area contributed by atoms with E-state index in [1.807, 2.05) is 31.2 Å². The van der Waals surface area contributed by atoms with Crippen LogP contribution in [0.1, 0.15) is 29.1 Å². The Balaban J connectivity index is 1.82. The fraction of sp³-hybridized carbons (Fsp3) is 0.125. The number of carbonyl (C=O) groups excluding carboxylic acids is 1. The molecule has 0 radical (unpaired) electrons. The normalized spacial score (nSPS) is 12.3. The summed E-state index contributed by atoms with van der Waals surface area (Å²) in [5.74, 6) is 0.396. The summed E-state index contributed by atoms with van der Waals surface area (Å²) in [7, 11) is 0. The number of para-hydroxylation sites is 2. The number of aromatic amines is 1. The predicted molar refractivity (Wildman–Crippen MR) is 88.4 cm³/mol. The average molecular weight is 334 g/mol. The van der Waals surface area contributed by atoms with Crippen molar-refractivity contribution in [3.63, 3.8) is 0 Å². The minimum Gasteiger partial charge on any atom is -0.342 e. The van der Waals surface area contributed by atoms with Gasteiger partial charge in [0.1, 0.15) is 5.82 Å². The van der Waals surface area contributed by atoms with Crippen LogP contribution in [-0.2, 0) is 0 Å². The molecule has 3 rings (SSSR count). The first kappa shape index (κ1) is 14.9. The SMILES string of the molecule is CC(NC(=O)c1cc(Cl)ccc1Cl)c1nc2ccccc2[nH]1. The van der Waals surface area contributed by atoms with Crippen LogP contribution in [0.2, 0.25) is 10.0 Å². The van der Waals surface area contributed by atoms with Gasteiger partial charge in [0.05, 0.1) is 27.7 Å². The minimum atomic E-state index is -0.291. The lowest BCUT2D eigenvalue weighted by atomic mass is 10.2. The summed E-state index contributed by atoms with van der Waals surface area (Å²) in [6.07, 6.45) is 0. The standard InChI is InChI=1S/C16H13Cl2N3O/c1-9(15-20-13-4-2-3-5-14(13)21-15)19-16(22)11-8-10(17)6-7-12(11)18/h2-9H,1H3,(H,19,22)(H,20,21). The van der Waals surface area contributed by atoms with Crippen LogP contribution in [0.15, 0.2) is 42.5 Å². The van der Waals surface area contributed by atoms with Gasteiger partial charge in [-0.2, -0.15) is 0 Å². The minimum absolute atomic E-state index is 0.282. The van der Waals surface area contributed by atoms with Crippen molar-refractivity contribution in [2.75, 3.05) is 0 Å². The van der Waals surface area contributed by atoms with Crippen molar-refractivity contribution in [1.82, 2.24) is 15.3 Å². The lowest BCUT2D eigenvalue weighted by molar-refractivity contribution is 0.0938. The molecule has 0 saturated carbocycles. The molecule has 2 aromatic carbocycles. The smallest absolute Gasteiger partial charge is 0.253 e. The second-order valence-electron chi connectivity index (χ2n) is 4.96. The molecule has 0 bridgehead atoms. The molecule has 0 aliphatic rings. The van der Waals surface area contributed by atoms with Crippen LogP contribution in [0.25, 0.3) is 11.0 Å². The monoisotopic (exact) mass is 333 g/mol. The quantitative estimate of drug-likeness (QED) is 0.748. The van der Waals surface area contributed by atoms with E-state index in [2.05, 4.69) is 15.3 Å². The van der Waals surface area contributed by atoms with E-state index in [0.29, 0.717) is 21.4 Å². The molecule has 22 heavy (non-hydrogen) atoms. The number of rotatable bonds is 3. The van der Waals surface area contributed by atoms with E-state index in [4.69, 9.17) is 23.2 Å². The molecule has 0 saturated heterocycles. The first-order valence-corrected chi connectivity index (χ1v) is 7.51. The van der Waals surface area contributed by atoms with Gasteiger partial charge in [0, 0.05) is 5.02 Å². The summed E-state index contributed by atoms with van der Waals surface area (Å²) in [6, 6.07) is 12.2. The molecule has 3 aromatic rings. The van der Waals surface area contributed by atoms with Gasteiger partial charge in [-0.05, 0) is 37.3 Å². The number of fused-ring (bicyclic) bond motifs is 1. The summed E-state index contributed by atoms with van der Waals surface area (Å²) in [4.78, 5) is 20.0. The zero-order chi connectivity index (χ0) is 15.7. The number of carbonyl (C=O) groups is 1. The maximum absolute atomic E-state index is 12.3. The molecule has 0 spiro atoms. The van der Waals surface area contributed by atoms with Crippen LogP contribution in [-0.4, -0.2) is 15.9 Å². The van der Waals surface area contributed by atoms with Crippen molar-refractivity contribution in [1.29, 1.82) is 0 Å². The van der Waals surface area contributed by atoms with E-state index in [0.717, 1.165) is 11.0 Å². The van der Waals surface area contributed by atoms with Crippen LogP contribution in [0, 0.1) is 0 Å². The highest BCUT2D eigenvalue weighted by Gasteiger charge is 2.17. The number of nitrogens with zero attached hydrogens (tertiary/aromatic N) is 1. The topological polar surface area (TPSA) is 57.8 Å². The highest BCUT2D eigenvalue weighted by molar-refractivity contribution is 6.35. The highest BCUT2D eigenvalue weighted by Crippen LogP contribution is 2.22. The molecular formula is C16H13Cl2N3O. The fourth-order valence-corrected chi connectivity index (χ4v) is 2.57. The number of benzene rings is 2. The van der Waals surface area contributed by atoms with Gasteiger partial charge < -0.3 is 10.3 Å². The third kappa shape index (κ3) is 2.93. The number of nitrogens with one attached hydrogen (secondary N) is 2. The highest BCUT2D eigenvalue weighted by atomic mass is 35.5. The van der Waals surface area contributed by atoms with Crippen LogP contribution in [0.3, 0.4) is 0 Å². The molecule has 0 aliphatic carbocycles. The van der Waals surface area contributed by atoms with E-state index in [-0.39, 0.29) is 11.9 Å². The summed E-state index contributed by atoms with van der Waals surface area (Å²) in [6.45, 7) is 1.86. The van der Waals surface area contributed by atoms with Gasteiger partial charge in [0.2, 0.25) is 0 Å². The Morgan fingerprint density at radius 2 is 2.00 bits per heavy atom. The largest absolute Gasteiger partial charge is 0.342 e. The van der Waals surface area contributed by atoms with Gasteiger partial charge in [-0.3, -0.25) is 4.79 Å². The first-order chi connectivity index (χ1) is 10.5. The van der Waals surface area contributed by atoms with Gasteiger partial charge in [0.15, 0.2) is 0 Å². The number of hydrogen-bond acceptors (Lipinski definition) is 2. The molecule has 1 unspecified atom stereocenters. The van der Waals surface area contributed by atoms with Gasteiger partial charge in [0.25, 0.3) is 5.91 Å². The Hall–Kier alpha value is -2.04. The van der Waals surface area contributed by atoms with Crippen molar-refractivity contribution >= 4 is 40.1 Å². The van der Waals surface area contributed by atoms with Gasteiger partial charge in [-0.15, -0.1) is 0 Å². The molecule has 4 nitrogen and oxygen atoms in total. The number of amides is 1. The Morgan fingerprint density at radius 3 is 2.77 bits per heavy atom. The van der Waals surface area contributed by atoms with Crippen LogP contribution >= 0.6 is 23.2 Å². The van der Waals surface area contributed by atoms with Crippen molar-refractivity contribution < 1.29 is 4.79 Å². The van der Waals surface area contributed by atoms with Crippen molar-refractivity contribution in [2.24, 2.45) is 0 Å². The van der Waals surface area contributed by atoms with Crippen LogP contribution < -0.4 is 5.32 Å². The van der Waals surface area contributed by atoms with E-state index >= 15 is 0 Å². The fourth-order valence-electron chi connectivity index (χ4n) is 2.19. The summed E-state index contributed by atoms with van der Waals surface area (Å²) < 4.78 is 0. The van der Waals surface area contributed by atoms with Gasteiger partial charge >= 0.3 is 0 Å². The summed E-state index contributed by atoms with van der Waals surface area (Å²) >= 11 is 12.0. The summed E-state index contributed by atoms with van der Waals surface area (Å²) in [5, 5.41) is 3.69. The zero-order valence-electron chi connectivity index (χ0n) is 11.7. The molecule has 1 amide bonds. The predicted octanol–water partition coefficient (Wildman–Crippen LogP) is 4.36. The van der Waals surface area contributed by atoms with Crippen LogP contribution in [0.4, 0.5) is 0 Å². The number of imidazole rings is 1. The number of halogens is 2. The molecule has 2 N–H and O–H groups in total. The Morgan fingerprint density at radius 1 is 1.23 bits per heavy atom. The molecule has 1 aromatic heterocycles. The Bertz CT molecular complexity index is 811. The first-order valence-electron chi connectivity index (χ1n) is 6.75. The third-order valence-electron chi connectivity index (χ3n) is 3.34. The Labute approximate surface area is 137 Å². The van der Waals surface area contributed by atoms with Crippen molar-refractivity contribution in [3.8, 4) is 0 Å². The summed E-state index contributed by atoms with van der Waals surface area (Å²) in [5.41, 5.74) is 2.14. The van der Waals surface area contributed by atoms with E-state index in [1.54, 1.807) is 18.2 Å². The molecular weight excluding hydrogens is 321 g/mol. The molecule has 0 fully saturated rings. The molecule has 1 heterocycles. The molecule has 1 atom stereocenters. The van der Waals surface area contributed by atoms with E-state index < -0.39 is 0 Å². The molecule has 0 aliphatic heterocycles. The van der Waals surface area contributed by atoms with Gasteiger partial charge in [-0.25, -0.2) is 4.98 Å². The third-order valence-corrected chi connectivity index (χ3v) is 3.90. The lowest BCUT2D eigenvalue weighted by Gasteiger charge is -2.12. The number of hydrogen-bond donors (Lipinski definition) is 2. The van der Waals surface area contributed by atoms with E-state index in [1.165, 1.54) is 0 Å². The maximum Gasteiger partial charge on any atom is 0.253 e. The van der Waals surface area contributed by atoms with Crippen molar-refractivity contribution in [2.45, 2.75) is 13.0 Å². The zero-order valence-corrected chi connectivity index (χ0v) is 13.2. The maximum atomic E-state index is 12.3. The van der Waals surface area contributed by atoms with Crippen molar-refractivity contribution in [3.05, 3.63) is 63.9 Å². The van der Waals surface area contributed by atoms with E-state index in [9.17, 15) is 4.79 Å². The Kier molecular flexibility index (Phi) is 4.05. The molecule has 112 valence electrons. The average Bonchev–Trinajstić information content (AvgIpc) is 2.93. The van der Waals surface area contributed by atoms with Gasteiger partial charge in [-0.1, -0.05) is 35.3 Å². The van der Waals surface area contributed by atoms with Crippen LogP contribution in [0.5, 0.6) is 0 Å². The second-order valence-corrected chi connectivity index (χ2v) is 5.80. The molecule has 6 heteroatoms. The number of H-pyrrole nitrogens is 1. The number of aromatic nitrogens is 2.